The molecule has 0 saturated carbocycles. The van der Waals surface area contributed by atoms with Crippen molar-refractivity contribution in [1.29, 1.82) is 0 Å². The van der Waals surface area contributed by atoms with Crippen molar-refractivity contribution < 1.29 is 4.43 Å². The summed E-state index contributed by atoms with van der Waals surface area (Å²) in [5, 5.41) is 0.248. The van der Waals surface area contributed by atoms with Gasteiger partial charge >= 0.3 is 0 Å². The van der Waals surface area contributed by atoms with Crippen molar-refractivity contribution in [3.8, 4) is 0 Å². The highest BCUT2D eigenvalue weighted by Crippen LogP contribution is 2.37. The van der Waals surface area contributed by atoms with Crippen molar-refractivity contribution >= 4 is 8.32 Å². The quantitative estimate of drug-likeness (QED) is 0.647. The summed E-state index contributed by atoms with van der Waals surface area (Å²) in [6.07, 6.45) is 5.48. The molecule has 0 aliphatic carbocycles. The van der Waals surface area contributed by atoms with Crippen LogP contribution >= 0.6 is 0 Å². The first-order valence-electron chi connectivity index (χ1n) is 8.74. The predicted molar refractivity (Wildman–Crippen MR) is 103 cm³/mol. The largest absolute Gasteiger partial charge is 0.417 e. The van der Waals surface area contributed by atoms with Crippen LogP contribution in [0, 0.1) is 0 Å². The fourth-order valence-electron chi connectivity index (χ4n) is 2.44. The molecule has 1 aromatic heterocycles. The van der Waals surface area contributed by atoms with E-state index in [0.29, 0.717) is 5.92 Å². The Morgan fingerprint density at radius 3 is 2.21 bits per heavy atom. The summed E-state index contributed by atoms with van der Waals surface area (Å²) >= 11 is 0. The van der Waals surface area contributed by atoms with Crippen LogP contribution < -0.4 is 0 Å². The lowest BCUT2D eigenvalue weighted by Crippen LogP contribution is -2.41. The second kappa shape index (κ2) is 8.04. The monoisotopic (exact) mass is 342 g/mol. The molecule has 1 heterocycles. The lowest BCUT2D eigenvalue weighted by Gasteiger charge is -2.36. The van der Waals surface area contributed by atoms with E-state index in [4.69, 9.17) is 4.43 Å². The van der Waals surface area contributed by atoms with Crippen molar-refractivity contribution in [2.24, 2.45) is 0 Å². The van der Waals surface area contributed by atoms with Crippen molar-refractivity contribution in [3.05, 3.63) is 60.2 Å². The average molecular weight is 343 g/mol. The van der Waals surface area contributed by atoms with Crippen LogP contribution in [0.2, 0.25) is 18.1 Å². The Morgan fingerprint density at radius 2 is 1.62 bits per heavy atom. The zero-order valence-electron chi connectivity index (χ0n) is 15.6. The van der Waals surface area contributed by atoms with Gasteiger partial charge in [0.1, 0.15) is 5.82 Å². The Kier molecular flexibility index (Phi) is 6.30. The molecule has 0 unspecified atom stereocenters. The molecule has 1 aromatic carbocycles. The van der Waals surface area contributed by atoms with Gasteiger partial charge in [-0.05, 0) is 42.1 Å². The standard InChI is InChI=1S/C20H30N2OSi/c1-20(2,3)24(4,5)23-15-12-18(17-10-7-6-8-11-17)16-19-21-13-9-14-22-19/h6-11,13-14,18H,12,15-16H2,1-5H3/t18-/m0/s1. The van der Waals surface area contributed by atoms with E-state index < -0.39 is 8.32 Å². The fourth-order valence-corrected chi connectivity index (χ4v) is 3.50. The van der Waals surface area contributed by atoms with Crippen LogP contribution in [-0.4, -0.2) is 24.9 Å². The Labute approximate surface area is 147 Å². The molecule has 0 aliphatic heterocycles. The van der Waals surface area contributed by atoms with Crippen molar-refractivity contribution in [2.75, 3.05) is 6.61 Å². The SMILES string of the molecule is CC(C)(C)[Si](C)(C)OCC[C@@H](Cc1ncccn1)c1ccccc1. The third kappa shape index (κ3) is 5.25. The molecule has 130 valence electrons. The maximum absolute atomic E-state index is 6.38. The highest BCUT2D eigenvalue weighted by atomic mass is 28.4. The molecule has 0 radical (unpaired) electrons. The van der Waals surface area contributed by atoms with Gasteiger partial charge in [0.2, 0.25) is 0 Å². The molecule has 0 bridgehead atoms. The predicted octanol–water partition coefficient (Wildman–Crippen LogP) is 5.21. The van der Waals surface area contributed by atoms with Gasteiger partial charge in [0.25, 0.3) is 0 Å². The Balaban J connectivity index is 2.04. The van der Waals surface area contributed by atoms with E-state index in [1.165, 1.54) is 5.56 Å². The van der Waals surface area contributed by atoms with Crippen molar-refractivity contribution in [3.63, 3.8) is 0 Å². The molecule has 0 amide bonds. The first-order chi connectivity index (χ1) is 11.3. The van der Waals surface area contributed by atoms with Crippen molar-refractivity contribution in [2.45, 2.75) is 57.7 Å². The molecule has 3 nitrogen and oxygen atoms in total. The molecule has 24 heavy (non-hydrogen) atoms. The lowest BCUT2D eigenvalue weighted by atomic mass is 9.92. The van der Waals surface area contributed by atoms with E-state index in [1.54, 1.807) is 0 Å². The van der Waals surface area contributed by atoms with Crippen LogP contribution in [0.25, 0.3) is 0 Å². The minimum atomic E-state index is -1.70. The fraction of sp³-hybridized carbons (Fsp3) is 0.500. The molecule has 0 saturated heterocycles. The van der Waals surface area contributed by atoms with Crippen molar-refractivity contribution in [1.82, 2.24) is 9.97 Å². The summed E-state index contributed by atoms with van der Waals surface area (Å²) in [5.41, 5.74) is 1.34. The molecule has 0 fully saturated rings. The lowest BCUT2D eigenvalue weighted by molar-refractivity contribution is 0.270. The molecule has 0 spiro atoms. The number of benzene rings is 1. The summed E-state index contributed by atoms with van der Waals surface area (Å²) < 4.78 is 6.38. The van der Waals surface area contributed by atoms with E-state index in [9.17, 15) is 0 Å². The van der Waals surface area contributed by atoms with Gasteiger partial charge in [-0.2, -0.15) is 0 Å². The molecule has 2 rings (SSSR count). The number of aromatic nitrogens is 2. The first-order valence-corrected chi connectivity index (χ1v) is 11.7. The van der Waals surface area contributed by atoms with Gasteiger partial charge in [-0.15, -0.1) is 0 Å². The summed E-state index contributed by atoms with van der Waals surface area (Å²) in [7, 11) is -1.70. The molecule has 0 aliphatic rings. The van der Waals surface area contributed by atoms with Crippen LogP contribution in [0.15, 0.2) is 48.8 Å². The van der Waals surface area contributed by atoms with E-state index in [2.05, 4.69) is 74.2 Å². The van der Waals surface area contributed by atoms with E-state index in [1.807, 2.05) is 18.5 Å². The first kappa shape index (κ1) is 18.8. The van der Waals surface area contributed by atoms with Gasteiger partial charge < -0.3 is 4.43 Å². The minimum Gasteiger partial charge on any atom is -0.417 e. The van der Waals surface area contributed by atoms with Crippen LogP contribution in [0.4, 0.5) is 0 Å². The van der Waals surface area contributed by atoms with Crippen LogP contribution in [0.5, 0.6) is 0 Å². The Morgan fingerprint density at radius 1 is 1.00 bits per heavy atom. The second-order valence-corrected chi connectivity index (χ2v) is 12.7. The molecular formula is C20H30N2OSi. The van der Waals surface area contributed by atoms with Crippen LogP contribution in [0.3, 0.4) is 0 Å². The second-order valence-electron chi connectivity index (χ2n) is 7.87. The highest BCUT2D eigenvalue weighted by Gasteiger charge is 2.37. The average Bonchev–Trinajstić information content (AvgIpc) is 2.54. The van der Waals surface area contributed by atoms with E-state index in [-0.39, 0.29) is 5.04 Å². The zero-order valence-corrected chi connectivity index (χ0v) is 16.6. The number of nitrogens with zero attached hydrogens (tertiary/aromatic N) is 2. The van der Waals surface area contributed by atoms with Gasteiger partial charge in [-0.25, -0.2) is 9.97 Å². The summed E-state index contributed by atoms with van der Waals surface area (Å²) in [6, 6.07) is 12.5. The van der Waals surface area contributed by atoms with Gasteiger partial charge in [0.05, 0.1) is 0 Å². The van der Waals surface area contributed by atoms with E-state index >= 15 is 0 Å². The van der Waals surface area contributed by atoms with Gasteiger partial charge in [-0.1, -0.05) is 51.1 Å². The Bertz CT molecular complexity index is 609. The third-order valence-electron chi connectivity index (χ3n) is 5.05. The zero-order chi connectivity index (χ0) is 17.6. The van der Waals surface area contributed by atoms with Crippen LogP contribution in [-0.2, 0) is 10.8 Å². The van der Waals surface area contributed by atoms with E-state index in [0.717, 1.165) is 25.3 Å². The third-order valence-corrected chi connectivity index (χ3v) is 9.59. The molecule has 1 atom stereocenters. The molecule has 4 heteroatoms. The minimum absolute atomic E-state index is 0.248. The topological polar surface area (TPSA) is 35.0 Å². The normalized spacial score (nSPS) is 13.7. The smallest absolute Gasteiger partial charge is 0.191 e. The van der Waals surface area contributed by atoms with Crippen LogP contribution in [0.1, 0.15) is 44.5 Å². The number of hydrogen-bond donors (Lipinski definition) is 0. The molecular weight excluding hydrogens is 312 g/mol. The van der Waals surface area contributed by atoms with Gasteiger partial charge in [0.15, 0.2) is 8.32 Å². The number of hydrogen-bond acceptors (Lipinski definition) is 3. The summed E-state index contributed by atoms with van der Waals surface area (Å²) in [5.74, 6) is 1.29. The Hall–Kier alpha value is -1.52. The number of rotatable bonds is 7. The van der Waals surface area contributed by atoms with Gasteiger partial charge in [-0.3, -0.25) is 0 Å². The maximum atomic E-state index is 6.38. The summed E-state index contributed by atoms with van der Waals surface area (Å²) in [6.45, 7) is 12.3. The van der Waals surface area contributed by atoms with Gasteiger partial charge in [0, 0.05) is 25.4 Å². The molecule has 0 N–H and O–H groups in total. The molecule has 2 aromatic rings. The maximum Gasteiger partial charge on any atom is 0.191 e. The highest BCUT2D eigenvalue weighted by molar-refractivity contribution is 6.74. The summed E-state index contributed by atoms with van der Waals surface area (Å²) in [4.78, 5) is 8.79.